The molecule has 3 rings (SSSR count). The third-order valence-corrected chi connectivity index (χ3v) is 5.67. The van der Waals surface area contributed by atoms with Gasteiger partial charge in [0.2, 0.25) is 0 Å². The molecule has 0 aliphatic carbocycles. The first-order valence-electron chi connectivity index (χ1n) is 8.21. The second-order valence-corrected chi connectivity index (χ2v) is 8.12. The fraction of sp³-hybridized carbons (Fsp3) is 0.0500. The summed E-state index contributed by atoms with van der Waals surface area (Å²) in [6, 6.07) is 16.0. The van der Waals surface area contributed by atoms with Gasteiger partial charge >= 0.3 is 0 Å². The quantitative estimate of drug-likeness (QED) is 0.622. The molecular formula is C20H16ClFN2O3S. The van der Waals surface area contributed by atoms with Crippen molar-refractivity contribution >= 4 is 38.9 Å². The number of carbonyl (C=O) groups is 1. The SMILES string of the molecule is Cc1ccc(F)cc1NC(=O)c1cccc(S(=O)(=O)Nc2ccccc2Cl)c1. The number of hydrogen-bond acceptors (Lipinski definition) is 3. The number of para-hydroxylation sites is 1. The van der Waals surface area contributed by atoms with Crippen molar-refractivity contribution in [2.45, 2.75) is 11.8 Å². The molecular weight excluding hydrogens is 403 g/mol. The first-order valence-corrected chi connectivity index (χ1v) is 10.1. The molecule has 0 fully saturated rings. The van der Waals surface area contributed by atoms with Crippen LogP contribution < -0.4 is 10.0 Å². The Bertz CT molecular complexity index is 1150. The Balaban J connectivity index is 1.86. The van der Waals surface area contributed by atoms with E-state index in [1.807, 2.05) is 0 Å². The van der Waals surface area contributed by atoms with Crippen LogP contribution in [0.25, 0.3) is 0 Å². The number of anilines is 2. The van der Waals surface area contributed by atoms with E-state index in [1.54, 1.807) is 31.2 Å². The zero-order valence-electron chi connectivity index (χ0n) is 14.7. The van der Waals surface area contributed by atoms with Crippen LogP contribution in [0.15, 0.2) is 71.6 Å². The first kappa shape index (κ1) is 19.9. The predicted molar refractivity (Wildman–Crippen MR) is 108 cm³/mol. The Labute approximate surface area is 167 Å². The number of rotatable bonds is 5. The lowest BCUT2D eigenvalue weighted by molar-refractivity contribution is 0.102. The van der Waals surface area contributed by atoms with Crippen molar-refractivity contribution in [1.82, 2.24) is 0 Å². The molecule has 0 aliphatic heterocycles. The Morgan fingerprint density at radius 3 is 2.46 bits per heavy atom. The zero-order chi connectivity index (χ0) is 20.3. The Hall–Kier alpha value is -2.90. The van der Waals surface area contributed by atoms with Crippen molar-refractivity contribution in [3.05, 3.63) is 88.7 Å². The highest BCUT2D eigenvalue weighted by molar-refractivity contribution is 7.92. The number of sulfonamides is 1. The summed E-state index contributed by atoms with van der Waals surface area (Å²) in [5.74, 6) is -1.04. The number of hydrogen-bond donors (Lipinski definition) is 2. The summed E-state index contributed by atoms with van der Waals surface area (Å²) < 4.78 is 41.1. The number of amides is 1. The molecule has 144 valence electrons. The van der Waals surface area contributed by atoms with E-state index in [-0.39, 0.29) is 21.2 Å². The topological polar surface area (TPSA) is 75.3 Å². The summed E-state index contributed by atoms with van der Waals surface area (Å²) in [4.78, 5) is 12.4. The van der Waals surface area contributed by atoms with Crippen LogP contribution in [0.1, 0.15) is 15.9 Å². The molecule has 1 amide bonds. The number of aryl methyl sites for hydroxylation is 1. The smallest absolute Gasteiger partial charge is 0.261 e. The monoisotopic (exact) mass is 418 g/mol. The minimum absolute atomic E-state index is 0.101. The van der Waals surface area contributed by atoms with Crippen molar-refractivity contribution in [1.29, 1.82) is 0 Å². The third kappa shape index (κ3) is 4.49. The van der Waals surface area contributed by atoms with Gasteiger partial charge in [-0.2, -0.15) is 0 Å². The summed E-state index contributed by atoms with van der Waals surface area (Å²) >= 11 is 6.00. The number of carbonyl (C=O) groups excluding carboxylic acids is 1. The van der Waals surface area contributed by atoms with E-state index in [4.69, 9.17) is 11.6 Å². The highest BCUT2D eigenvalue weighted by Crippen LogP contribution is 2.24. The second kappa shape index (κ2) is 8.00. The molecule has 0 aliphatic rings. The van der Waals surface area contributed by atoms with Gasteiger partial charge in [0.05, 0.1) is 15.6 Å². The summed E-state index contributed by atoms with van der Waals surface area (Å²) in [6.07, 6.45) is 0. The summed E-state index contributed by atoms with van der Waals surface area (Å²) in [5.41, 5.74) is 1.34. The highest BCUT2D eigenvalue weighted by atomic mass is 35.5. The predicted octanol–water partition coefficient (Wildman–Crippen LogP) is 4.84. The average Bonchev–Trinajstić information content (AvgIpc) is 2.66. The average molecular weight is 419 g/mol. The summed E-state index contributed by atoms with van der Waals surface area (Å²) in [5, 5.41) is 2.84. The lowest BCUT2D eigenvalue weighted by atomic mass is 10.1. The largest absolute Gasteiger partial charge is 0.322 e. The van der Waals surface area contributed by atoms with E-state index in [0.29, 0.717) is 11.3 Å². The minimum atomic E-state index is -3.95. The first-order chi connectivity index (χ1) is 13.3. The molecule has 5 nitrogen and oxygen atoms in total. The Kier molecular flexibility index (Phi) is 5.67. The lowest BCUT2D eigenvalue weighted by Crippen LogP contribution is -2.16. The van der Waals surface area contributed by atoms with E-state index in [1.165, 1.54) is 42.5 Å². The van der Waals surface area contributed by atoms with Crippen LogP contribution in [-0.4, -0.2) is 14.3 Å². The van der Waals surface area contributed by atoms with Crippen LogP contribution in [0.2, 0.25) is 5.02 Å². The Morgan fingerprint density at radius 1 is 0.964 bits per heavy atom. The molecule has 0 saturated carbocycles. The van der Waals surface area contributed by atoms with Crippen LogP contribution in [0, 0.1) is 12.7 Å². The van der Waals surface area contributed by atoms with Gasteiger partial charge in [-0.3, -0.25) is 9.52 Å². The van der Waals surface area contributed by atoms with Crippen LogP contribution in [0.5, 0.6) is 0 Å². The molecule has 8 heteroatoms. The van der Waals surface area contributed by atoms with Gasteiger partial charge in [-0.25, -0.2) is 12.8 Å². The summed E-state index contributed by atoms with van der Waals surface area (Å²) in [7, 11) is -3.95. The third-order valence-electron chi connectivity index (χ3n) is 3.97. The molecule has 28 heavy (non-hydrogen) atoms. The molecule has 0 spiro atoms. The van der Waals surface area contributed by atoms with Crippen LogP contribution in [-0.2, 0) is 10.0 Å². The number of halogens is 2. The zero-order valence-corrected chi connectivity index (χ0v) is 16.3. The molecule has 0 saturated heterocycles. The molecule has 3 aromatic carbocycles. The van der Waals surface area contributed by atoms with Crippen LogP contribution >= 0.6 is 11.6 Å². The van der Waals surface area contributed by atoms with Crippen molar-refractivity contribution in [2.24, 2.45) is 0 Å². The maximum atomic E-state index is 13.4. The maximum Gasteiger partial charge on any atom is 0.261 e. The molecule has 0 aromatic heterocycles. The Morgan fingerprint density at radius 2 is 1.71 bits per heavy atom. The molecule has 0 unspecified atom stereocenters. The summed E-state index contributed by atoms with van der Waals surface area (Å²) in [6.45, 7) is 1.73. The minimum Gasteiger partial charge on any atom is -0.322 e. The molecule has 0 radical (unpaired) electrons. The van der Waals surface area contributed by atoms with E-state index in [2.05, 4.69) is 10.0 Å². The van der Waals surface area contributed by atoms with Gasteiger partial charge in [0.15, 0.2) is 0 Å². The van der Waals surface area contributed by atoms with Crippen molar-refractivity contribution < 1.29 is 17.6 Å². The van der Waals surface area contributed by atoms with Gasteiger partial charge < -0.3 is 5.32 Å². The fourth-order valence-corrected chi connectivity index (χ4v) is 3.84. The molecule has 0 atom stereocenters. The maximum absolute atomic E-state index is 13.4. The van der Waals surface area contributed by atoms with Crippen molar-refractivity contribution in [3.8, 4) is 0 Å². The number of nitrogens with one attached hydrogen (secondary N) is 2. The van der Waals surface area contributed by atoms with Crippen LogP contribution in [0.3, 0.4) is 0 Å². The van der Waals surface area contributed by atoms with Gasteiger partial charge in [-0.05, 0) is 55.0 Å². The van der Waals surface area contributed by atoms with E-state index in [0.717, 1.165) is 0 Å². The van der Waals surface area contributed by atoms with Gasteiger partial charge in [-0.15, -0.1) is 0 Å². The standard InChI is InChI=1S/C20H16ClFN2O3S/c1-13-9-10-15(22)12-19(13)23-20(25)14-5-4-6-16(11-14)28(26,27)24-18-8-3-2-7-17(18)21/h2-12,24H,1H3,(H,23,25). The van der Waals surface area contributed by atoms with Crippen LogP contribution in [0.4, 0.5) is 15.8 Å². The van der Waals surface area contributed by atoms with E-state index < -0.39 is 21.7 Å². The molecule has 0 bridgehead atoms. The van der Waals surface area contributed by atoms with E-state index >= 15 is 0 Å². The van der Waals surface area contributed by atoms with Gasteiger partial charge in [0, 0.05) is 11.3 Å². The number of benzene rings is 3. The molecule has 2 N–H and O–H groups in total. The highest BCUT2D eigenvalue weighted by Gasteiger charge is 2.18. The van der Waals surface area contributed by atoms with Crippen molar-refractivity contribution in [3.63, 3.8) is 0 Å². The lowest BCUT2D eigenvalue weighted by Gasteiger charge is -2.11. The molecule has 0 heterocycles. The second-order valence-electron chi connectivity index (χ2n) is 6.03. The normalized spacial score (nSPS) is 11.1. The van der Waals surface area contributed by atoms with E-state index in [9.17, 15) is 17.6 Å². The molecule has 3 aromatic rings. The van der Waals surface area contributed by atoms with Gasteiger partial charge in [0.1, 0.15) is 5.82 Å². The van der Waals surface area contributed by atoms with Gasteiger partial charge in [0.25, 0.3) is 15.9 Å². The van der Waals surface area contributed by atoms with Gasteiger partial charge in [-0.1, -0.05) is 35.9 Å². The fourth-order valence-electron chi connectivity index (χ4n) is 2.48. The van der Waals surface area contributed by atoms with Crippen molar-refractivity contribution in [2.75, 3.05) is 10.0 Å².